The Balaban J connectivity index is 2.50. The van der Waals surface area contributed by atoms with Crippen LogP contribution in [0.2, 0.25) is 0 Å². The Kier molecular flexibility index (Phi) is 5.61. The van der Waals surface area contributed by atoms with Crippen LogP contribution < -0.4 is 4.74 Å². The molecule has 0 aliphatic heterocycles. The number of phenolic OH excluding ortho intramolecular Hbond substituents is 1. The number of phenols is 1. The van der Waals surface area contributed by atoms with Gasteiger partial charge in [-0.05, 0) is 71.0 Å². The average Bonchev–Trinajstić information content (AvgIpc) is 2.57. The Labute approximate surface area is 148 Å². The van der Waals surface area contributed by atoms with Crippen LogP contribution in [0.5, 0.6) is 11.5 Å². The Hall–Kier alpha value is -2.51. The van der Waals surface area contributed by atoms with E-state index in [0.29, 0.717) is 32.6 Å². The van der Waals surface area contributed by atoms with E-state index < -0.39 is 0 Å². The summed E-state index contributed by atoms with van der Waals surface area (Å²) >= 11 is 2.01. The monoisotopic (exact) mass is 416 g/mol. The zero-order chi connectivity index (χ0) is 16.8. The van der Waals surface area contributed by atoms with Gasteiger partial charge in [0.15, 0.2) is 11.5 Å². The van der Waals surface area contributed by atoms with Gasteiger partial charge in [0.2, 0.25) is 0 Å². The highest BCUT2D eigenvalue weighted by Gasteiger charge is 2.09. The fourth-order valence-corrected chi connectivity index (χ4v) is 2.67. The molecule has 0 spiro atoms. The second-order valence-electron chi connectivity index (χ2n) is 4.64. The van der Waals surface area contributed by atoms with Crippen LogP contribution in [0.1, 0.15) is 23.6 Å². The van der Waals surface area contributed by atoms with Gasteiger partial charge >= 0.3 is 0 Å². The van der Waals surface area contributed by atoms with Gasteiger partial charge < -0.3 is 9.84 Å². The summed E-state index contributed by atoms with van der Waals surface area (Å²) in [4.78, 5) is 0. The SMILES string of the molecule is CCOc1cc(/C=C(/C#N)c2cccc(C#N)c2)cc(I)c1O. The number of hydrogen-bond donors (Lipinski definition) is 1. The summed E-state index contributed by atoms with van der Waals surface area (Å²) in [5.41, 5.74) is 2.35. The smallest absolute Gasteiger partial charge is 0.171 e. The molecule has 0 amide bonds. The lowest BCUT2D eigenvalue weighted by Crippen LogP contribution is -1.94. The molecule has 0 heterocycles. The highest BCUT2D eigenvalue weighted by molar-refractivity contribution is 14.1. The van der Waals surface area contributed by atoms with Crippen LogP contribution in [0.15, 0.2) is 36.4 Å². The van der Waals surface area contributed by atoms with Crippen LogP contribution in [0, 0.1) is 26.2 Å². The van der Waals surface area contributed by atoms with E-state index in [1.165, 1.54) is 0 Å². The zero-order valence-electron chi connectivity index (χ0n) is 12.4. The van der Waals surface area contributed by atoms with E-state index in [-0.39, 0.29) is 5.75 Å². The molecule has 1 N–H and O–H groups in total. The number of allylic oxidation sites excluding steroid dienone is 1. The molecule has 0 saturated carbocycles. The maximum absolute atomic E-state index is 9.98. The molecular weight excluding hydrogens is 403 g/mol. The van der Waals surface area contributed by atoms with E-state index in [9.17, 15) is 10.4 Å². The van der Waals surface area contributed by atoms with Crippen molar-refractivity contribution >= 4 is 34.2 Å². The van der Waals surface area contributed by atoms with E-state index in [4.69, 9.17) is 10.00 Å². The molecule has 5 heteroatoms. The number of aromatic hydroxyl groups is 1. The first-order valence-corrected chi connectivity index (χ1v) is 7.94. The molecule has 2 rings (SSSR count). The van der Waals surface area contributed by atoms with E-state index in [1.807, 2.05) is 29.5 Å². The minimum Gasteiger partial charge on any atom is -0.504 e. The van der Waals surface area contributed by atoms with Gasteiger partial charge in [-0.25, -0.2) is 0 Å². The first-order valence-electron chi connectivity index (χ1n) is 6.86. The van der Waals surface area contributed by atoms with Crippen molar-refractivity contribution in [1.29, 1.82) is 10.5 Å². The van der Waals surface area contributed by atoms with Crippen LogP contribution >= 0.6 is 22.6 Å². The number of rotatable bonds is 4. The van der Waals surface area contributed by atoms with Crippen LogP contribution in [0.4, 0.5) is 0 Å². The van der Waals surface area contributed by atoms with Crippen LogP contribution in [-0.2, 0) is 0 Å². The zero-order valence-corrected chi connectivity index (χ0v) is 14.5. The molecule has 0 radical (unpaired) electrons. The quantitative estimate of drug-likeness (QED) is 0.457. The summed E-state index contributed by atoms with van der Waals surface area (Å²) in [6, 6.07) is 14.6. The minimum atomic E-state index is 0.0922. The topological polar surface area (TPSA) is 77.0 Å². The van der Waals surface area contributed by atoms with Crippen molar-refractivity contribution in [3.05, 3.63) is 56.7 Å². The molecule has 0 aliphatic rings. The molecule has 23 heavy (non-hydrogen) atoms. The highest BCUT2D eigenvalue weighted by Crippen LogP contribution is 2.34. The first-order chi connectivity index (χ1) is 11.1. The normalized spacial score (nSPS) is 10.7. The molecule has 0 atom stereocenters. The number of nitriles is 2. The van der Waals surface area contributed by atoms with Crippen molar-refractivity contribution < 1.29 is 9.84 Å². The Morgan fingerprint density at radius 2 is 2.09 bits per heavy atom. The molecule has 4 nitrogen and oxygen atoms in total. The van der Waals surface area contributed by atoms with Gasteiger partial charge in [0, 0.05) is 0 Å². The van der Waals surface area contributed by atoms with Crippen LogP contribution in [0.25, 0.3) is 11.6 Å². The fourth-order valence-electron chi connectivity index (χ4n) is 2.05. The van der Waals surface area contributed by atoms with E-state index >= 15 is 0 Å². The molecule has 0 bridgehead atoms. The van der Waals surface area contributed by atoms with Crippen molar-refractivity contribution in [3.63, 3.8) is 0 Å². The van der Waals surface area contributed by atoms with Crippen molar-refractivity contribution in [2.75, 3.05) is 6.61 Å². The van der Waals surface area contributed by atoms with Gasteiger partial charge in [0.25, 0.3) is 0 Å². The summed E-state index contributed by atoms with van der Waals surface area (Å²) in [6.45, 7) is 2.27. The molecular formula is C18H13IN2O2. The predicted octanol–water partition coefficient (Wildman–Crippen LogP) is 4.33. The van der Waals surface area contributed by atoms with Crippen molar-refractivity contribution in [2.45, 2.75) is 6.92 Å². The Morgan fingerprint density at radius 3 is 2.74 bits per heavy atom. The van der Waals surface area contributed by atoms with Crippen molar-refractivity contribution in [2.24, 2.45) is 0 Å². The first kappa shape index (κ1) is 16.9. The molecule has 2 aromatic rings. The van der Waals surface area contributed by atoms with Gasteiger partial charge in [-0.2, -0.15) is 10.5 Å². The fraction of sp³-hybridized carbons (Fsp3) is 0.111. The average molecular weight is 416 g/mol. The third kappa shape index (κ3) is 4.02. The van der Waals surface area contributed by atoms with Gasteiger partial charge in [-0.15, -0.1) is 0 Å². The number of benzene rings is 2. The lowest BCUT2D eigenvalue weighted by molar-refractivity contribution is 0.317. The van der Waals surface area contributed by atoms with Gasteiger partial charge in [-0.1, -0.05) is 12.1 Å². The Morgan fingerprint density at radius 1 is 1.30 bits per heavy atom. The highest BCUT2D eigenvalue weighted by atomic mass is 127. The summed E-state index contributed by atoms with van der Waals surface area (Å²) in [5.74, 6) is 0.475. The summed E-state index contributed by atoms with van der Waals surface area (Å²) < 4.78 is 6.05. The summed E-state index contributed by atoms with van der Waals surface area (Å²) in [5, 5.41) is 28.4. The largest absolute Gasteiger partial charge is 0.504 e. The third-order valence-corrected chi connectivity index (χ3v) is 3.91. The number of ether oxygens (including phenoxy) is 1. The lowest BCUT2D eigenvalue weighted by atomic mass is 10.0. The summed E-state index contributed by atoms with van der Waals surface area (Å²) in [7, 11) is 0. The van der Waals surface area contributed by atoms with Crippen molar-refractivity contribution in [3.8, 4) is 23.6 Å². The van der Waals surface area contributed by atoms with Gasteiger partial charge in [-0.3, -0.25) is 0 Å². The number of nitrogens with zero attached hydrogens (tertiary/aromatic N) is 2. The molecule has 2 aromatic carbocycles. The predicted molar refractivity (Wildman–Crippen MR) is 96.6 cm³/mol. The minimum absolute atomic E-state index is 0.0922. The lowest BCUT2D eigenvalue weighted by Gasteiger charge is -2.09. The Bertz CT molecular complexity index is 845. The van der Waals surface area contributed by atoms with Gasteiger partial charge in [0.1, 0.15) is 0 Å². The molecule has 0 fully saturated rings. The van der Waals surface area contributed by atoms with E-state index in [0.717, 1.165) is 5.56 Å². The molecule has 0 unspecified atom stereocenters. The maximum atomic E-state index is 9.98. The molecule has 114 valence electrons. The summed E-state index contributed by atoms with van der Waals surface area (Å²) in [6.07, 6.45) is 1.71. The third-order valence-electron chi connectivity index (χ3n) is 3.08. The van der Waals surface area contributed by atoms with E-state index in [1.54, 1.807) is 42.5 Å². The van der Waals surface area contributed by atoms with Crippen molar-refractivity contribution in [1.82, 2.24) is 0 Å². The molecule has 0 saturated heterocycles. The van der Waals surface area contributed by atoms with Crippen LogP contribution in [-0.4, -0.2) is 11.7 Å². The molecule has 0 aliphatic carbocycles. The second kappa shape index (κ2) is 7.66. The standard InChI is InChI=1S/C18H13IN2O2/c1-2-23-17-9-13(8-16(19)18(17)22)7-15(11-21)14-5-3-4-12(6-14)10-20/h3-9,22H,2H2,1H3/b15-7-. The number of halogens is 1. The molecule has 0 aromatic heterocycles. The second-order valence-corrected chi connectivity index (χ2v) is 5.81. The van der Waals surface area contributed by atoms with E-state index in [2.05, 4.69) is 12.1 Å². The van der Waals surface area contributed by atoms with Crippen LogP contribution in [0.3, 0.4) is 0 Å². The number of hydrogen-bond acceptors (Lipinski definition) is 4. The maximum Gasteiger partial charge on any atom is 0.171 e. The van der Waals surface area contributed by atoms with Gasteiger partial charge in [0.05, 0.1) is 33.5 Å².